The van der Waals surface area contributed by atoms with E-state index in [9.17, 15) is 14.4 Å². The molecule has 0 atom stereocenters. The van der Waals surface area contributed by atoms with Gasteiger partial charge in [0.1, 0.15) is 12.3 Å². The van der Waals surface area contributed by atoms with Gasteiger partial charge >= 0.3 is 0 Å². The van der Waals surface area contributed by atoms with Gasteiger partial charge < -0.3 is 29.5 Å². The Bertz CT molecular complexity index is 1350. The maximum absolute atomic E-state index is 12.7. The lowest BCUT2D eigenvalue weighted by molar-refractivity contribution is -0.124. The number of nitrogens with one attached hydrogen (secondary N) is 1. The second-order valence-corrected chi connectivity index (χ2v) is 10.7. The van der Waals surface area contributed by atoms with E-state index in [0.29, 0.717) is 60.4 Å². The van der Waals surface area contributed by atoms with Gasteiger partial charge in [-0.05, 0) is 61.6 Å². The molecule has 1 aliphatic rings. The van der Waals surface area contributed by atoms with E-state index in [1.807, 2.05) is 28.8 Å². The van der Waals surface area contributed by atoms with Crippen LogP contribution in [0.15, 0.2) is 56.0 Å². The summed E-state index contributed by atoms with van der Waals surface area (Å²) in [5, 5.41) is 3.69. The first-order valence-corrected chi connectivity index (χ1v) is 14.1. The van der Waals surface area contributed by atoms with Crippen LogP contribution in [-0.2, 0) is 25.6 Å². The number of furan rings is 1. The Morgan fingerprint density at radius 1 is 1.15 bits per heavy atom. The Kier molecular flexibility index (Phi) is 10.2. The lowest BCUT2D eigenvalue weighted by Gasteiger charge is -2.16. The zero-order valence-electron chi connectivity index (χ0n) is 21.8. The first kappa shape index (κ1) is 28.9. The van der Waals surface area contributed by atoms with Crippen LogP contribution in [0.25, 0.3) is 17.1 Å². The summed E-state index contributed by atoms with van der Waals surface area (Å²) in [6, 6.07) is 10.8. The second kappa shape index (κ2) is 13.8. The maximum atomic E-state index is 12.7. The number of rotatable bonds is 14. The molecule has 1 aliphatic heterocycles. The summed E-state index contributed by atoms with van der Waals surface area (Å²) in [5.41, 5.74) is 6.94. The number of thioether (sulfide) groups is 1. The first-order valence-electron chi connectivity index (χ1n) is 12.5. The fraction of sp³-hybridized carbons (Fsp3) is 0.385. The number of para-hydroxylation sites is 2. The van der Waals surface area contributed by atoms with Crippen molar-refractivity contribution in [1.29, 1.82) is 0 Å². The number of hydrogen-bond donors (Lipinski definition) is 2. The molecule has 0 aliphatic carbocycles. The Morgan fingerprint density at radius 2 is 1.92 bits per heavy atom. The summed E-state index contributed by atoms with van der Waals surface area (Å²) < 4.78 is 18.4. The quantitative estimate of drug-likeness (QED) is 0.218. The van der Waals surface area contributed by atoms with E-state index in [-0.39, 0.29) is 29.6 Å². The van der Waals surface area contributed by atoms with Gasteiger partial charge in [-0.2, -0.15) is 0 Å². The number of imide groups is 1. The van der Waals surface area contributed by atoms with Crippen molar-refractivity contribution in [3.8, 4) is 0 Å². The monoisotopic (exact) mass is 573 g/mol. The van der Waals surface area contributed by atoms with E-state index in [4.69, 9.17) is 19.6 Å². The SMILES string of the molecule is CC(C)N1C(=O)S/C(=C\c2ccc(Sc3nc4ccccc4n3CC(=O)NCCOCCOCCN)o2)C1=O. The van der Waals surface area contributed by atoms with Crippen molar-refractivity contribution in [1.82, 2.24) is 19.8 Å². The number of amides is 3. The number of carbonyl (C=O) groups excluding carboxylic acids is 3. The summed E-state index contributed by atoms with van der Waals surface area (Å²) in [7, 11) is 0. The van der Waals surface area contributed by atoms with Crippen LogP contribution in [0.2, 0.25) is 0 Å². The van der Waals surface area contributed by atoms with Gasteiger partial charge in [-0.15, -0.1) is 0 Å². The average molecular weight is 574 g/mol. The molecule has 1 aromatic carbocycles. The van der Waals surface area contributed by atoms with E-state index >= 15 is 0 Å². The molecule has 1 saturated heterocycles. The molecule has 3 amide bonds. The number of ether oxygens (including phenoxy) is 2. The number of aromatic nitrogens is 2. The summed E-state index contributed by atoms with van der Waals surface area (Å²) in [5.74, 6) is -0.0617. The van der Waals surface area contributed by atoms with Crippen molar-refractivity contribution in [3.63, 3.8) is 0 Å². The molecule has 208 valence electrons. The van der Waals surface area contributed by atoms with Crippen molar-refractivity contribution < 1.29 is 28.3 Å². The van der Waals surface area contributed by atoms with E-state index in [1.165, 1.54) is 16.7 Å². The normalized spacial score (nSPS) is 14.9. The zero-order chi connectivity index (χ0) is 27.8. The predicted molar refractivity (Wildman–Crippen MR) is 149 cm³/mol. The first-order chi connectivity index (χ1) is 18.9. The third kappa shape index (κ3) is 7.51. The fourth-order valence-electron chi connectivity index (χ4n) is 3.76. The lowest BCUT2D eigenvalue weighted by Crippen LogP contribution is -2.34. The summed E-state index contributed by atoms with van der Waals surface area (Å²) >= 11 is 2.16. The molecule has 0 spiro atoms. The predicted octanol–water partition coefficient (Wildman–Crippen LogP) is 3.33. The van der Waals surface area contributed by atoms with Gasteiger partial charge in [0.15, 0.2) is 10.2 Å². The summed E-state index contributed by atoms with van der Waals surface area (Å²) in [6.45, 7) is 6.25. The number of nitrogens with zero attached hydrogens (tertiary/aromatic N) is 3. The minimum atomic E-state index is -0.330. The van der Waals surface area contributed by atoms with Gasteiger partial charge in [0, 0.05) is 25.2 Å². The summed E-state index contributed by atoms with van der Waals surface area (Å²) in [6.07, 6.45) is 1.57. The van der Waals surface area contributed by atoms with Crippen LogP contribution in [0.5, 0.6) is 0 Å². The highest BCUT2D eigenvalue weighted by Crippen LogP contribution is 2.36. The Labute approximate surface area is 234 Å². The van der Waals surface area contributed by atoms with E-state index in [0.717, 1.165) is 22.8 Å². The molecule has 1 fully saturated rings. The molecular formula is C26H31N5O6S2. The third-order valence-electron chi connectivity index (χ3n) is 5.53. The van der Waals surface area contributed by atoms with Crippen LogP contribution in [0.1, 0.15) is 19.6 Å². The van der Waals surface area contributed by atoms with Gasteiger partial charge in [-0.3, -0.25) is 19.3 Å². The smallest absolute Gasteiger partial charge is 0.293 e. The number of carbonyl (C=O) groups is 3. The molecule has 2 aromatic heterocycles. The van der Waals surface area contributed by atoms with Crippen molar-refractivity contribution in [2.75, 3.05) is 39.5 Å². The van der Waals surface area contributed by atoms with Crippen LogP contribution < -0.4 is 11.1 Å². The number of benzene rings is 1. The highest BCUT2D eigenvalue weighted by Gasteiger charge is 2.36. The van der Waals surface area contributed by atoms with Crippen LogP contribution in [0.4, 0.5) is 4.79 Å². The topological polar surface area (TPSA) is 142 Å². The van der Waals surface area contributed by atoms with Crippen molar-refractivity contribution in [2.45, 2.75) is 36.7 Å². The minimum absolute atomic E-state index is 0.0678. The van der Waals surface area contributed by atoms with Gasteiger partial charge in [-0.25, -0.2) is 4.98 Å². The number of imidazole rings is 1. The standard InChI is InChI=1S/C26H31N5O6S2/c1-17(2)31-24(33)21(38-26(31)34)15-18-7-8-23(37-18)39-25-29-19-5-3-4-6-20(19)30(25)16-22(32)28-10-12-36-14-13-35-11-9-27/h3-8,15,17H,9-14,16,27H2,1-2H3,(H,28,32)/b21-15-. The third-order valence-corrected chi connectivity index (χ3v) is 7.33. The number of hydrogen-bond acceptors (Lipinski definition) is 10. The van der Waals surface area contributed by atoms with Crippen molar-refractivity contribution in [2.24, 2.45) is 5.73 Å². The molecule has 3 aromatic rings. The fourth-order valence-corrected chi connectivity index (χ4v) is 5.57. The number of nitrogens with two attached hydrogens (primary N) is 1. The Balaban J connectivity index is 1.39. The van der Waals surface area contributed by atoms with Crippen LogP contribution in [0.3, 0.4) is 0 Å². The summed E-state index contributed by atoms with van der Waals surface area (Å²) in [4.78, 5) is 43.7. The molecule has 0 bridgehead atoms. The average Bonchev–Trinajstić information content (AvgIpc) is 3.57. The molecule has 4 rings (SSSR count). The largest absolute Gasteiger partial charge is 0.450 e. The number of fused-ring (bicyclic) bond motifs is 1. The van der Waals surface area contributed by atoms with Crippen molar-refractivity contribution in [3.05, 3.63) is 47.1 Å². The molecular weight excluding hydrogens is 542 g/mol. The van der Waals surface area contributed by atoms with Crippen LogP contribution >= 0.6 is 23.5 Å². The van der Waals surface area contributed by atoms with Crippen molar-refractivity contribution >= 4 is 57.7 Å². The van der Waals surface area contributed by atoms with Gasteiger partial charge in [0.2, 0.25) is 5.91 Å². The molecule has 13 heteroatoms. The van der Waals surface area contributed by atoms with E-state index in [2.05, 4.69) is 10.3 Å². The van der Waals surface area contributed by atoms with E-state index < -0.39 is 0 Å². The Morgan fingerprint density at radius 3 is 2.67 bits per heavy atom. The van der Waals surface area contributed by atoms with Crippen LogP contribution in [0, 0.1) is 0 Å². The molecule has 39 heavy (non-hydrogen) atoms. The zero-order valence-corrected chi connectivity index (χ0v) is 23.4. The second-order valence-electron chi connectivity index (χ2n) is 8.74. The molecule has 0 unspecified atom stereocenters. The van der Waals surface area contributed by atoms with Gasteiger partial charge in [0.05, 0.1) is 42.4 Å². The molecule has 11 nitrogen and oxygen atoms in total. The lowest BCUT2D eigenvalue weighted by atomic mass is 10.3. The Hall–Kier alpha value is -3.10. The van der Waals surface area contributed by atoms with Gasteiger partial charge in [0.25, 0.3) is 11.1 Å². The molecule has 3 heterocycles. The molecule has 3 N–H and O–H groups in total. The highest BCUT2D eigenvalue weighted by molar-refractivity contribution is 8.18. The minimum Gasteiger partial charge on any atom is -0.450 e. The van der Waals surface area contributed by atoms with Gasteiger partial charge in [-0.1, -0.05) is 12.1 Å². The molecule has 0 radical (unpaired) electrons. The maximum Gasteiger partial charge on any atom is 0.293 e. The van der Waals surface area contributed by atoms with E-state index in [1.54, 1.807) is 32.1 Å². The van der Waals surface area contributed by atoms with Crippen LogP contribution in [-0.4, -0.2) is 77.1 Å². The molecule has 0 saturated carbocycles. The highest BCUT2D eigenvalue weighted by atomic mass is 32.2.